The smallest absolute Gasteiger partial charge is 0.322 e. The summed E-state index contributed by atoms with van der Waals surface area (Å²) < 4.78 is 5.25. The van der Waals surface area contributed by atoms with E-state index in [9.17, 15) is 10.1 Å². The Kier molecular flexibility index (Phi) is 4.08. The Bertz CT molecular complexity index is 586. The monoisotopic (exact) mass is 300 g/mol. The number of nitro benzene ring substituents is 1. The van der Waals surface area contributed by atoms with Crippen LogP contribution in [0.3, 0.4) is 0 Å². The van der Waals surface area contributed by atoms with Crippen molar-refractivity contribution in [3.05, 3.63) is 50.5 Å². The van der Waals surface area contributed by atoms with Gasteiger partial charge in [0.2, 0.25) is 10.6 Å². The van der Waals surface area contributed by atoms with Crippen LogP contribution in [0.25, 0.3) is 0 Å². The van der Waals surface area contributed by atoms with Crippen molar-refractivity contribution >= 4 is 28.9 Å². The van der Waals surface area contributed by atoms with Gasteiger partial charge in [-0.2, -0.15) is 15.0 Å². The molecule has 7 nitrogen and oxygen atoms in total. The van der Waals surface area contributed by atoms with E-state index in [0.29, 0.717) is 0 Å². The number of benzene rings is 1. The zero-order chi connectivity index (χ0) is 13.8. The molecule has 0 unspecified atom stereocenters. The van der Waals surface area contributed by atoms with Gasteiger partial charge < -0.3 is 4.74 Å². The van der Waals surface area contributed by atoms with Crippen molar-refractivity contribution in [1.29, 1.82) is 0 Å². The van der Waals surface area contributed by atoms with Crippen molar-refractivity contribution in [2.75, 3.05) is 0 Å². The molecule has 9 heteroatoms. The zero-order valence-corrected chi connectivity index (χ0v) is 10.8. The summed E-state index contributed by atoms with van der Waals surface area (Å²) in [4.78, 5) is 21.0. The maximum Gasteiger partial charge on any atom is 0.322 e. The van der Waals surface area contributed by atoms with E-state index in [0.717, 1.165) is 5.56 Å². The molecule has 0 N–H and O–H groups in total. The number of hydrogen-bond donors (Lipinski definition) is 0. The first-order valence-corrected chi connectivity index (χ1v) is 5.73. The van der Waals surface area contributed by atoms with Gasteiger partial charge in [0.15, 0.2) is 0 Å². The first-order valence-electron chi connectivity index (χ1n) is 4.98. The maximum absolute atomic E-state index is 10.5. The Morgan fingerprint density at radius 1 is 1.11 bits per heavy atom. The van der Waals surface area contributed by atoms with E-state index >= 15 is 0 Å². The van der Waals surface area contributed by atoms with Gasteiger partial charge in [0.05, 0.1) is 4.92 Å². The quantitative estimate of drug-likeness (QED) is 0.637. The maximum atomic E-state index is 10.5. The summed E-state index contributed by atoms with van der Waals surface area (Å²) in [5.41, 5.74) is 0.730. The molecule has 19 heavy (non-hydrogen) atoms. The van der Waals surface area contributed by atoms with Crippen LogP contribution in [-0.2, 0) is 6.61 Å². The molecule has 0 atom stereocenters. The van der Waals surface area contributed by atoms with Gasteiger partial charge in [-0.25, -0.2) is 0 Å². The number of nitro groups is 1. The normalized spacial score (nSPS) is 10.2. The molecular formula is C10H6Cl2N4O3. The Morgan fingerprint density at radius 3 is 2.21 bits per heavy atom. The first kappa shape index (κ1) is 13.4. The third-order valence-electron chi connectivity index (χ3n) is 2.08. The van der Waals surface area contributed by atoms with Crippen molar-refractivity contribution in [3.63, 3.8) is 0 Å². The fraction of sp³-hybridized carbons (Fsp3) is 0.100. The van der Waals surface area contributed by atoms with Gasteiger partial charge in [-0.1, -0.05) is 0 Å². The molecule has 98 valence electrons. The molecule has 0 spiro atoms. The molecule has 1 heterocycles. The van der Waals surface area contributed by atoms with E-state index in [1.54, 1.807) is 12.1 Å². The Labute approximate surface area is 117 Å². The fourth-order valence-corrected chi connectivity index (χ4v) is 1.58. The van der Waals surface area contributed by atoms with E-state index < -0.39 is 4.92 Å². The van der Waals surface area contributed by atoms with Crippen LogP contribution in [0.4, 0.5) is 5.69 Å². The van der Waals surface area contributed by atoms with Crippen molar-refractivity contribution < 1.29 is 9.66 Å². The van der Waals surface area contributed by atoms with Gasteiger partial charge in [-0.3, -0.25) is 10.1 Å². The van der Waals surface area contributed by atoms with E-state index in [-0.39, 0.29) is 28.9 Å². The molecule has 2 aromatic rings. The lowest BCUT2D eigenvalue weighted by molar-refractivity contribution is -0.384. The molecule has 0 amide bonds. The average Bonchev–Trinajstić information content (AvgIpc) is 2.36. The molecule has 0 aliphatic carbocycles. The van der Waals surface area contributed by atoms with Crippen LogP contribution in [0.1, 0.15) is 5.56 Å². The molecule has 1 aromatic heterocycles. The summed E-state index contributed by atoms with van der Waals surface area (Å²) >= 11 is 11.2. The van der Waals surface area contributed by atoms with Crippen LogP contribution in [0, 0.1) is 10.1 Å². The minimum Gasteiger partial charge on any atom is -0.458 e. The number of rotatable bonds is 4. The Hall–Kier alpha value is -1.99. The summed E-state index contributed by atoms with van der Waals surface area (Å²) in [6.45, 7) is 0.134. The summed E-state index contributed by atoms with van der Waals surface area (Å²) in [5, 5.41) is 10.3. The Morgan fingerprint density at radius 2 is 1.68 bits per heavy atom. The highest BCUT2D eigenvalue weighted by molar-refractivity contribution is 6.31. The van der Waals surface area contributed by atoms with Crippen molar-refractivity contribution in [3.8, 4) is 6.01 Å². The van der Waals surface area contributed by atoms with Crippen LogP contribution in [-0.4, -0.2) is 19.9 Å². The summed E-state index contributed by atoms with van der Waals surface area (Å²) in [7, 11) is 0. The highest BCUT2D eigenvalue weighted by Gasteiger charge is 2.06. The summed E-state index contributed by atoms with van der Waals surface area (Å²) in [6, 6.07) is 5.90. The number of ether oxygens (including phenoxy) is 1. The topological polar surface area (TPSA) is 91.0 Å². The second-order valence-corrected chi connectivity index (χ2v) is 4.04. The number of nitrogens with zero attached hydrogens (tertiary/aromatic N) is 4. The Balaban J connectivity index is 2.03. The highest BCUT2D eigenvalue weighted by Crippen LogP contribution is 2.15. The lowest BCUT2D eigenvalue weighted by Gasteiger charge is -2.04. The van der Waals surface area contributed by atoms with Gasteiger partial charge in [0.1, 0.15) is 6.61 Å². The van der Waals surface area contributed by atoms with Crippen LogP contribution in [0.2, 0.25) is 10.6 Å². The second kappa shape index (κ2) is 5.77. The predicted octanol–water partition coefficient (Wildman–Crippen LogP) is 2.67. The predicted molar refractivity (Wildman–Crippen MR) is 67.3 cm³/mol. The lowest BCUT2D eigenvalue weighted by Crippen LogP contribution is -2.01. The summed E-state index contributed by atoms with van der Waals surface area (Å²) in [6.07, 6.45) is 0. The van der Waals surface area contributed by atoms with Crippen LogP contribution in [0.5, 0.6) is 6.01 Å². The molecule has 0 saturated heterocycles. The average molecular weight is 301 g/mol. The molecule has 0 bridgehead atoms. The van der Waals surface area contributed by atoms with Crippen LogP contribution in [0.15, 0.2) is 24.3 Å². The van der Waals surface area contributed by atoms with E-state index in [2.05, 4.69) is 15.0 Å². The molecule has 0 aliphatic heterocycles. The van der Waals surface area contributed by atoms with Gasteiger partial charge >= 0.3 is 6.01 Å². The molecule has 0 fully saturated rings. The number of non-ortho nitro benzene ring substituents is 1. The van der Waals surface area contributed by atoms with E-state index in [1.165, 1.54) is 12.1 Å². The molecular weight excluding hydrogens is 295 g/mol. The standard InChI is InChI=1S/C10H6Cl2N4O3/c11-8-13-9(12)15-10(14-8)19-5-6-1-3-7(4-2-6)16(17)18/h1-4H,5H2. The first-order chi connectivity index (χ1) is 9.04. The minimum atomic E-state index is -0.476. The fourth-order valence-electron chi connectivity index (χ4n) is 1.24. The third kappa shape index (κ3) is 3.73. The molecule has 2 rings (SSSR count). The van der Waals surface area contributed by atoms with Gasteiger partial charge in [0, 0.05) is 12.1 Å². The lowest BCUT2D eigenvalue weighted by atomic mass is 10.2. The molecule has 0 saturated carbocycles. The van der Waals surface area contributed by atoms with E-state index in [1.807, 2.05) is 0 Å². The van der Waals surface area contributed by atoms with E-state index in [4.69, 9.17) is 27.9 Å². The molecule has 1 aromatic carbocycles. The van der Waals surface area contributed by atoms with Crippen LogP contribution >= 0.6 is 23.2 Å². The second-order valence-electron chi connectivity index (χ2n) is 3.37. The number of aromatic nitrogens is 3. The molecule has 0 aliphatic rings. The van der Waals surface area contributed by atoms with Gasteiger partial charge in [-0.15, -0.1) is 0 Å². The van der Waals surface area contributed by atoms with Crippen molar-refractivity contribution in [2.24, 2.45) is 0 Å². The van der Waals surface area contributed by atoms with Crippen molar-refractivity contribution in [1.82, 2.24) is 15.0 Å². The number of halogens is 2. The van der Waals surface area contributed by atoms with Gasteiger partial charge in [0.25, 0.3) is 5.69 Å². The SMILES string of the molecule is O=[N+]([O-])c1ccc(COc2nc(Cl)nc(Cl)n2)cc1. The summed E-state index contributed by atoms with van der Waals surface area (Å²) in [5.74, 6) is 0. The molecule has 0 radical (unpaired) electrons. The largest absolute Gasteiger partial charge is 0.458 e. The van der Waals surface area contributed by atoms with Gasteiger partial charge in [-0.05, 0) is 40.9 Å². The van der Waals surface area contributed by atoms with Crippen LogP contribution < -0.4 is 4.74 Å². The third-order valence-corrected chi connectivity index (χ3v) is 2.41. The zero-order valence-electron chi connectivity index (χ0n) is 9.29. The highest BCUT2D eigenvalue weighted by atomic mass is 35.5. The number of hydrogen-bond acceptors (Lipinski definition) is 6. The van der Waals surface area contributed by atoms with Crippen molar-refractivity contribution in [2.45, 2.75) is 6.61 Å². The minimum absolute atomic E-state index is 0.00926.